The topological polar surface area (TPSA) is 12.9 Å². The Morgan fingerprint density at radius 1 is 0.889 bits per heavy atom. The molecule has 0 bridgehead atoms. The summed E-state index contributed by atoms with van der Waals surface area (Å²) in [4.78, 5) is 4.57. The number of hydrogen-bond donors (Lipinski definition) is 0. The molecule has 0 aliphatic rings. The number of nitrogens with zero attached hydrogens (tertiary/aromatic N) is 1. The molecule has 0 radical (unpaired) electrons. The molecule has 0 fully saturated rings. The summed E-state index contributed by atoms with van der Waals surface area (Å²) >= 11 is 0. The Morgan fingerprint density at radius 2 is 1.52 bits per heavy atom. The summed E-state index contributed by atoms with van der Waals surface area (Å²) in [5.74, 6) is -0.491. The first kappa shape index (κ1) is 19.3. The first-order chi connectivity index (χ1) is 12.5. The molecule has 0 saturated carbocycles. The van der Waals surface area contributed by atoms with Crippen LogP contribution in [-0.4, -0.2) is 11.2 Å². The number of fused-ring (bicyclic) bond motifs is 1. The van der Waals surface area contributed by atoms with Gasteiger partial charge in [0.2, 0.25) is 0 Å². The normalized spacial score (nSPS) is 12.6. The van der Waals surface area contributed by atoms with Gasteiger partial charge in [0.1, 0.15) is 5.82 Å². The maximum Gasteiger partial charge on any atom is 0.394 e. The van der Waals surface area contributed by atoms with Crippen molar-refractivity contribution in [2.24, 2.45) is 5.41 Å². The standard InChI is InChI=1S/C22H21F4N/c1-13-7-14(2)9-15(8-13)20-10-16(12-21(3,4)22(24,25)26)18-11-17(23)5-6-19(18)27-20/h5-11H,12H2,1-4H3. The van der Waals surface area contributed by atoms with Crippen molar-refractivity contribution >= 4 is 10.9 Å². The Kier molecular flexibility index (Phi) is 4.74. The van der Waals surface area contributed by atoms with E-state index in [0.29, 0.717) is 22.2 Å². The number of aryl methyl sites for hydroxylation is 2. The van der Waals surface area contributed by atoms with Gasteiger partial charge in [0, 0.05) is 10.9 Å². The molecule has 3 aromatic rings. The maximum absolute atomic E-state index is 13.8. The van der Waals surface area contributed by atoms with Crippen LogP contribution in [0, 0.1) is 25.1 Å². The number of pyridine rings is 1. The van der Waals surface area contributed by atoms with E-state index < -0.39 is 17.4 Å². The predicted octanol–water partition coefficient (Wildman–Crippen LogP) is 6.79. The van der Waals surface area contributed by atoms with E-state index in [9.17, 15) is 17.6 Å². The van der Waals surface area contributed by atoms with Crippen LogP contribution < -0.4 is 0 Å². The van der Waals surface area contributed by atoms with E-state index in [1.165, 1.54) is 18.2 Å². The van der Waals surface area contributed by atoms with Gasteiger partial charge in [0.05, 0.1) is 16.6 Å². The molecule has 1 aromatic heterocycles. The number of aromatic nitrogens is 1. The van der Waals surface area contributed by atoms with E-state index in [-0.39, 0.29) is 6.42 Å². The summed E-state index contributed by atoms with van der Waals surface area (Å²) in [6.07, 6.45) is -4.62. The first-order valence-electron chi connectivity index (χ1n) is 8.71. The quantitative estimate of drug-likeness (QED) is 0.459. The van der Waals surface area contributed by atoms with E-state index in [0.717, 1.165) is 30.5 Å². The number of hydrogen-bond acceptors (Lipinski definition) is 1. The van der Waals surface area contributed by atoms with Crippen molar-refractivity contribution in [2.45, 2.75) is 40.3 Å². The Hall–Kier alpha value is -2.43. The van der Waals surface area contributed by atoms with E-state index >= 15 is 0 Å². The maximum atomic E-state index is 13.8. The van der Waals surface area contributed by atoms with E-state index in [1.807, 2.05) is 32.0 Å². The van der Waals surface area contributed by atoms with Crippen molar-refractivity contribution in [3.63, 3.8) is 0 Å². The minimum atomic E-state index is -4.37. The molecule has 1 nitrogen and oxygen atoms in total. The lowest BCUT2D eigenvalue weighted by Gasteiger charge is -2.28. The zero-order valence-corrected chi connectivity index (χ0v) is 15.7. The second-order valence-electron chi connectivity index (χ2n) is 7.76. The van der Waals surface area contributed by atoms with Crippen molar-refractivity contribution in [1.82, 2.24) is 4.98 Å². The highest BCUT2D eigenvalue weighted by atomic mass is 19.4. The fourth-order valence-electron chi connectivity index (χ4n) is 3.26. The van der Waals surface area contributed by atoms with Gasteiger partial charge in [-0.3, -0.25) is 0 Å². The van der Waals surface area contributed by atoms with Crippen molar-refractivity contribution in [2.75, 3.05) is 0 Å². The average molecular weight is 375 g/mol. The third-order valence-electron chi connectivity index (χ3n) is 4.77. The number of rotatable bonds is 3. The van der Waals surface area contributed by atoms with Gasteiger partial charge in [-0.2, -0.15) is 13.2 Å². The van der Waals surface area contributed by atoms with Gasteiger partial charge in [-0.1, -0.05) is 31.0 Å². The van der Waals surface area contributed by atoms with Gasteiger partial charge < -0.3 is 0 Å². The van der Waals surface area contributed by atoms with Gasteiger partial charge >= 0.3 is 6.18 Å². The lowest BCUT2D eigenvalue weighted by molar-refractivity contribution is -0.210. The van der Waals surface area contributed by atoms with Crippen LogP contribution in [0.5, 0.6) is 0 Å². The molecule has 3 rings (SSSR count). The lowest BCUT2D eigenvalue weighted by Crippen LogP contribution is -2.34. The highest BCUT2D eigenvalue weighted by Crippen LogP contribution is 2.41. The monoisotopic (exact) mass is 375 g/mol. The summed E-state index contributed by atoms with van der Waals surface area (Å²) in [5, 5.41) is 0.417. The van der Waals surface area contributed by atoms with Crippen molar-refractivity contribution in [3.05, 3.63) is 65.0 Å². The fraction of sp³-hybridized carbons (Fsp3) is 0.318. The summed E-state index contributed by atoms with van der Waals surface area (Å²) in [5.41, 5.74) is 2.51. The van der Waals surface area contributed by atoms with Crippen LogP contribution in [0.4, 0.5) is 17.6 Å². The summed E-state index contributed by atoms with van der Waals surface area (Å²) in [7, 11) is 0. The van der Waals surface area contributed by atoms with E-state index in [2.05, 4.69) is 4.98 Å². The van der Waals surface area contributed by atoms with Crippen LogP contribution in [-0.2, 0) is 6.42 Å². The van der Waals surface area contributed by atoms with Crippen LogP contribution in [0.2, 0.25) is 0 Å². The molecule has 142 valence electrons. The van der Waals surface area contributed by atoms with E-state index in [1.54, 1.807) is 6.07 Å². The van der Waals surface area contributed by atoms with Crippen LogP contribution in [0.1, 0.15) is 30.5 Å². The second kappa shape index (κ2) is 6.63. The van der Waals surface area contributed by atoms with Crippen LogP contribution in [0.3, 0.4) is 0 Å². The van der Waals surface area contributed by atoms with Gasteiger partial charge in [-0.05, 0) is 62.2 Å². The highest BCUT2D eigenvalue weighted by molar-refractivity contribution is 5.85. The Labute approximate surface area is 156 Å². The molecule has 1 heterocycles. The van der Waals surface area contributed by atoms with Gasteiger partial charge in [0.15, 0.2) is 0 Å². The molecule has 0 aliphatic heterocycles. The first-order valence-corrected chi connectivity index (χ1v) is 8.71. The highest BCUT2D eigenvalue weighted by Gasteiger charge is 2.47. The number of alkyl halides is 3. The van der Waals surface area contributed by atoms with Crippen molar-refractivity contribution < 1.29 is 17.6 Å². The fourth-order valence-corrected chi connectivity index (χ4v) is 3.26. The van der Waals surface area contributed by atoms with Gasteiger partial charge in [-0.15, -0.1) is 0 Å². The van der Waals surface area contributed by atoms with Gasteiger partial charge in [0.25, 0.3) is 0 Å². The number of halogens is 4. The van der Waals surface area contributed by atoms with Gasteiger partial charge in [-0.25, -0.2) is 9.37 Å². The van der Waals surface area contributed by atoms with Crippen molar-refractivity contribution in [3.8, 4) is 11.3 Å². The largest absolute Gasteiger partial charge is 0.394 e. The minimum Gasteiger partial charge on any atom is -0.248 e. The molecule has 0 N–H and O–H groups in total. The smallest absolute Gasteiger partial charge is 0.248 e. The molecule has 27 heavy (non-hydrogen) atoms. The summed E-state index contributed by atoms with van der Waals surface area (Å²) in [6.45, 7) is 6.24. The summed E-state index contributed by atoms with van der Waals surface area (Å²) < 4.78 is 54.1. The second-order valence-corrected chi connectivity index (χ2v) is 7.76. The minimum absolute atomic E-state index is 0.253. The zero-order valence-electron chi connectivity index (χ0n) is 15.7. The molecule has 0 aliphatic carbocycles. The molecular formula is C22H21F4N. The zero-order chi connectivity index (χ0) is 20.0. The number of benzene rings is 2. The third kappa shape index (κ3) is 3.97. The van der Waals surface area contributed by atoms with Crippen LogP contribution >= 0.6 is 0 Å². The Bertz CT molecular complexity index is 983. The lowest BCUT2D eigenvalue weighted by atomic mass is 9.83. The predicted molar refractivity (Wildman–Crippen MR) is 100 cm³/mol. The molecule has 2 aromatic carbocycles. The molecule has 0 atom stereocenters. The van der Waals surface area contributed by atoms with Crippen LogP contribution in [0.25, 0.3) is 22.2 Å². The molecule has 0 saturated heterocycles. The molecular weight excluding hydrogens is 354 g/mol. The average Bonchev–Trinajstić information content (AvgIpc) is 2.53. The Morgan fingerprint density at radius 3 is 2.11 bits per heavy atom. The van der Waals surface area contributed by atoms with Crippen molar-refractivity contribution in [1.29, 1.82) is 0 Å². The Balaban J connectivity index is 2.22. The van der Waals surface area contributed by atoms with Crippen LogP contribution in [0.15, 0.2) is 42.5 Å². The SMILES string of the molecule is Cc1cc(C)cc(-c2cc(CC(C)(C)C(F)(F)F)c3cc(F)ccc3n2)c1. The molecule has 0 unspecified atom stereocenters. The molecule has 5 heteroatoms. The summed E-state index contributed by atoms with van der Waals surface area (Å²) in [6, 6.07) is 11.6. The molecule has 0 spiro atoms. The van der Waals surface area contributed by atoms with E-state index in [4.69, 9.17) is 0 Å². The third-order valence-corrected chi connectivity index (χ3v) is 4.77. The molecule has 0 amide bonds.